The number of phosphoric acid groups is 2. The fourth-order valence-corrected chi connectivity index (χ4v) is 10.8. The monoisotopic (exact) mass is 1460 g/mol. The van der Waals surface area contributed by atoms with Crippen molar-refractivity contribution in [1.82, 2.24) is 0 Å². The van der Waals surface area contributed by atoms with Crippen molar-refractivity contribution in [3.8, 4) is 0 Å². The Morgan fingerprint density at radius 2 is 0.569 bits per heavy atom. The van der Waals surface area contributed by atoms with Crippen molar-refractivity contribution < 1.29 is 80.2 Å². The zero-order valence-electron chi connectivity index (χ0n) is 62.7. The van der Waals surface area contributed by atoms with Crippen LogP contribution in [-0.4, -0.2) is 96.7 Å². The number of rotatable bonds is 69. The van der Waals surface area contributed by atoms with Gasteiger partial charge in [0.1, 0.15) is 19.3 Å². The van der Waals surface area contributed by atoms with E-state index < -0.39 is 97.5 Å². The second-order valence-electron chi connectivity index (χ2n) is 24.5. The van der Waals surface area contributed by atoms with Crippen LogP contribution in [0.3, 0.4) is 0 Å². The van der Waals surface area contributed by atoms with Gasteiger partial charge in [0.15, 0.2) is 12.2 Å². The summed E-state index contributed by atoms with van der Waals surface area (Å²) < 4.78 is 68.2. The normalized spacial score (nSPS) is 14.9. The Morgan fingerprint density at radius 3 is 0.912 bits per heavy atom. The smallest absolute Gasteiger partial charge is 0.462 e. The lowest BCUT2D eigenvalue weighted by molar-refractivity contribution is -0.161. The van der Waals surface area contributed by atoms with E-state index in [1.54, 1.807) is 6.08 Å². The van der Waals surface area contributed by atoms with E-state index in [2.05, 4.69) is 161 Å². The predicted molar refractivity (Wildman–Crippen MR) is 417 cm³/mol. The minimum atomic E-state index is -5.02. The van der Waals surface area contributed by atoms with Crippen LogP contribution in [0.25, 0.3) is 0 Å². The van der Waals surface area contributed by atoms with E-state index in [0.29, 0.717) is 38.5 Å². The lowest BCUT2D eigenvalue weighted by atomic mass is 10.0. The first kappa shape index (κ1) is 96.2. The maximum atomic E-state index is 13.1. The first-order valence-corrected chi connectivity index (χ1v) is 41.0. The van der Waals surface area contributed by atoms with Crippen LogP contribution in [-0.2, 0) is 65.4 Å². The van der Waals surface area contributed by atoms with Gasteiger partial charge in [0, 0.05) is 19.3 Å². The highest BCUT2D eigenvalue weighted by atomic mass is 31.2. The summed E-state index contributed by atoms with van der Waals surface area (Å²) in [5.74, 6) is -2.49. The van der Waals surface area contributed by atoms with Crippen molar-refractivity contribution in [3.63, 3.8) is 0 Å². The van der Waals surface area contributed by atoms with Gasteiger partial charge < -0.3 is 33.8 Å². The molecule has 0 saturated heterocycles. The van der Waals surface area contributed by atoms with Gasteiger partial charge in [0.2, 0.25) is 0 Å². The van der Waals surface area contributed by atoms with Crippen molar-refractivity contribution in [2.45, 2.75) is 277 Å². The third kappa shape index (κ3) is 72.5. The van der Waals surface area contributed by atoms with E-state index in [1.165, 1.54) is 51.4 Å². The first-order valence-electron chi connectivity index (χ1n) is 38.0. The second-order valence-corrected chi connectivity index (χ2v) is 27.4. The Kier molecular flexibility index (Phi) is 69.3. The molecule has 0 radical (unpaired) electrons. The molecule has 0 spiro atoms. The minimum Gasteiger partial charge on any atom is -0.462 e. The van der Waals surface area contributed by atoms with Gasteiger partial charge in [-0.3, -0.25) is 37.3 Å². The number of carbonyl (C=O) groups is 4. The molecule has 3 N–H and O–H groups in total. The maximum Gasteiger partial charge on any atom is 0.472 e. The maximum absolute atomic E-state index is 13.1. The van der Waals surface area contributed by atoms with Crippen LogP contribution in [0, 0.1) is 0 Å². The minimum absolute atomic E-state index is 0.0176. The molecule has 0 bridgehead atoms. The average Bonchev–Trinajstić information content (AvgIpc) is 0.924. The van der Waals surface area contributed by atoms with E-state index in [-0.39, 0.29) is 25.7 Å². The topological polar surface area (TPSA) is 237 Å². The molecule has 0 aromatic rings. The molecule has 0 aliphatic heterocycles. The van der Waals surface area contributed by atoms with Crippen molar-refractivity contribution in [3.05, 3.63) is 182 Å². The van der Waals surface area contributed by atoms with Crippen LogP contribution in [0.15, 0.2) is 182 Å². The lowest BCUT2D eigenvalue weighted by Crippen LogP contribution is -2.30. The number of esters is 4. The summed E-state index contributed by atoms with van der Waals surface area (Å²) in [6.45, 7) is 4.24. The number of aliphatic hydroxyl groups is 1. The van der Waals surface area contributed by atoms with Crippen LogP contribution < -0.4 is 0 Å². The zero-order chi connectivity index (χ0) is 74.6. The fourth-order valence-electron chi connectivity index (χ4n) is 9.25. The molecule has 0 rings (SSSR count). The Labute approximate surface area is 615 Å². The molecule has 17 nitrogen and oxygen atoms in total. The lowest BCUT2D eigenvalue weighted by Gasteiger charge is -2.21. The zero-order valence-corrected chi connectivity index (χ0v) is 64.5. The van der Waals surface area contributed by atoms with Gasteiger partial charge in [0.25, 0.3) is 0 Å². The fraction of sp³-hybridized carbons (Fsp3) is 0.590. The van der Waals surface area contributed by atoms with Crippen LogP contribution in [0.4, 0.5) is 0 Å². The van der Waals surface area contributed by atoms with Crippen LogP contribution in [0.2, 0.25) is 0 Å². The molecule has 0 aromatic carbocycles. The average molecular weight is 1460 g/mol. The molecule has 19 heteroatoms. The van der Waals surface area contributed by atoms with E-state index in [1.807, 2.05) is 42.5 Å². The predicted octanol–water partition coefficient (Wildman–Crippen LogP) is 22.0. The molecule has 5 unspecified atom stereocenters. The van der Waals surface area contributed by atoms with Gasteiger partial charge in [-0.05, 0) is 128 Å². The SMILES string of the molecule is CC/C=C\C/C=C\C/C=C\C/C=C\C/C=C\C/C=C\CCC(=O)OCC(COP(=O)(O)OCC(O)COP(=O)(O)OCC(COC(=O)C/C=C\C/C=C\C/C=C\C/C=C\C/C=C\CC)OC(=O)CCCCCCCCCCCCCCC)OC(=O)CCCC/C=C\C/C=C\C/C=C\C/C=C\CC. The third-order valence-electron chi connectivity index (χ3n) is 14.9. The molecular formula is C83H132O17P2. The molecule has 0 saturated carbocycles. The third-order valence-corrected chi connectivity index (χ3v) is 16.8. The molecule has 0 fully saturated rings. The summed E-state index contributed by atoms with van der Waals surface area (Å²) in [4.78, 5) is 72.8. The highest BCUT2D eigenvalue weighted by Gasteiger charge is 2.30. The summed E-state index contributed by atoms with van der Waals surface area (Å²) in [7, 11) is -10.0. The van der Waals surface area contributed by atoms with E-state index >= 15 is 0 Å². The Hall–Kier alpha value is -5.84. The molecular weight excluding hydrogens is 1330 g/mol. The van der Waals surface area contributed by atoms with Crippen molar-refractivity contribution >= 4 is 39.5 Å². The summed E-state index contributed by atoms with van der Waals surface area (Å²) >= 11 is 0. The van der Waals surface area contributed by atoms with Crippen molar-refractivity contribution in [2.75, 3.05) is 39.6 Å². The Morgan fingerprint density at radius 1 is 0.294 bits per heavy atom. The summed E-state index contributed by atoms with van der Waals surface area (Å²) in [6.07, 6.45) is 88.0. The number of aliphatic hydroxyl groups excluding tert-OH is 1. The molecule has 576 valence electrons. The second kappa shape index (κ2) is 73.5. The standard InChI is InChI=1S/C83H132O17P2/c1-5-9-13-17-21-25-29-33-36-37-38-39-42-45-48-52-56-60-64-68-81(86)94-74-79(100-83(88)70-66-62-58-54-50-46-41-35-31-27-23-19-15-11-7-3)76-98-102(91,92)96-72-77(84)71-95-101(89,90)97-75-78(99-82(87)69-65-61-57-53-49-43-32-28-24-20-16-12-8-4)73-93-80(85)67-63-59-55-51-47-44-40-34-30-26-22-18-14-10-6-2/h9-11,13-15,21-23,25-27,33-36,38-41,45,47-48,50-51,54,56,59-60,63,77-79,84H,5-8,12,16-20,24,28-32,37,42-44,46,49,52-53,55,57-58,61-62,64-76H2,1-4H3,(H,89,90)(H,91,92)/b13-9-,14-10-,15-11-,25-21-,26-22-,27-23-,36-33-,39-38-,40-34-,41-35-,48-45-,51-47-,54-50-,60-56-,63-59-. The van der Waals surface area contributed by atoms with Gasteiger partial charge in [-0.25, -0.2) is 9.13 Å². The van der Waals surface area contributed by atoms with Gasteiger partial charge in [-0.15, -0.1) is 0 Å². The number of phosphoric ester groups is 2. The number of allylic oxidation sites excluding steroid dienone is 29. The Bertz CT molecular complexity index is 2650. The summed E-state index contributed by atoms with van der Waals surface area (Å²) in [6, 6.07) is 0. The quantitative estimate of drug-likeness (QED) is 0.0169. The molecule has 0 amide bonds. The van der Waals surface area contributed by atoms with E-state index in [9.17, 15) is 43.2 Å². The molecule has 102 heavy (non-hydrogen) atoms. The number of unbranched alkanes of at least 4 members (excludes halogenated alkanes) is 14. The van der Waals surface area contributed by atoms with Crippen LogP contribution in [0.1, 0.15) is 259 Å². The molecule has 0 aliphatic rings. The molecule has 0 aliphatic carbocycles. The number of carbonyl (C=O) groups excluding carboxylic acids is 4. The number of hydrogen-bond donors (Lipinski definition) is 3. The number of ether oxygens (including phenoxy) is 4. The van der Waals surface area contributed by atoms with Gasteiger partial charge in [-0.1, -0.05) is 287 Å². The van der Waals surface area contributed by atoms with Crippen LogP contribution >= 0.6 is 15.6 Å². The molecule has 5 atom stereocenters. The van der Waals surface area contributed by atoms with E-state index in [4.69, 9.17) is 37.0 Å². The number of hydrogen-bond acceptors (Lipinski definition) is 15. The highest BCUT2D eigenvalue weighted by Crippen LogP contribution is 2.45. The van der Waals surface area contributed by atoms with Gasteiger partial charge in [0.05, 0.1) is 32.8 Å². The Balaban J connectivity index is 5.53. The van der Waals surface area contributed by atoms with E-state index in [0.717, 1.165) is 116 Å². The molecule has 0 aromatic heterocycles. The largest absolute Gasteiger partial charge is 0.472 e. The summed E-state index contributed by atoms with van der Waals surface area (Å²) in [5.41, 5.74) is 0. The summed E-state index contributed by atoms with van der Waals surface area (Å²) in [5, 5.41) is 10.6. The van der Waals surface area contributed by atoms with Crippen LogP contribution in [0.5, 0.6) is 0 Å². The van der Waals surface area contributed by atoms with Crippen molar-refractivity contribution in [1.29, 1.82) is 0 Å². The van der Waals surface area contributed by atoms with Gasteiger partial charge >= 0.3 is 39.5 Å². The molecule has 0 heterocycles. The highest BCUT2D eigenvalue weighted by molar-refractivity contribution is 7.47. The first-order chi connectivity index (χ1) is 49.7. The van der Waals surface area contributed by atoms with Gasteiger partial charge in [-0.2, -0.15) is 0 Å². The van der Waals surface area contributed by atoms with Crippen molar-refractivity contribution in [2.24, 2.45) is 0 Å².